The summed E-state index contributed by atoms with van der Waals surface area (Å²) in [7, 11) is 0. The minimum Gasteiger partial charge on any atom is -0.475 e. The van der Waals surface area contributed by atoms with Gasteiger partial charge in [0.1, 0.15) is 0 Å². The monoisotopic (exact) mass is 331 g/mol. The van der Waals surface area contributed by atoms with Crippen molar-refractivity contribution in [1.29, 1.82) is 0 Å². The maximum Gasteiger partial charge on any atom is 0.374 e. The van der Waals surface area contributed by atoms with Gasteiger partial charge in [-0.3, -0.25) is 0 Å². The highest BCUT2D eigenvalue weighted by atomic mass is 79.9. The average molecular weight is 332 g/mol. The minimum absolute atomic E-state index is 0.153. The Morgan fingerprint density at radius 2 is 2.16 bits per heavy atom. The Labute approximate surface area is 115 Å². The van der Waals surface area contributed by atoms with Crippen molar-refractivity contribution in [3.8, 4) is 11.5 Å². The summed E-state index contributed by atoms with van der Waals surface area (Å²) in [6.07, 6.45) is -3.01. The minimum atomic E-state index is -3.01. The second-order valence-corrected chi connectivity index (χ2v) is 4.68. The third kappa shape index (κ3) is 2.65. The Morgan fingerprint density at radius 3 is 2.63 bits per heavy atom. The Bertz CT molecular complexity index is 640. The number of carbonyl (C=O) groups is 1. The molecule has 2 aromatic rings. The van der Waals surface area contributed by atoms with E-state index in [-0.39, 0.29) is 5.89 Å². The Hall–Kier alpha value is -1.76. The number of alkyl halides is 2. The van der Waals surface area contributed by atoms with Crippen LogP contribution in [0.25, 0.3) is 11.5 Å². The van der Waals surface area contributed by atoms with Gasteiger partial charge in [0.15, 0.2) is 5.69 Å². The fourth-order valence-electron chi connectivity index (χ4n) is 1.54. The number of hydrogen-bond donors (Lipinski definition) is 1. The molecule has 4 nitrogen and oxygen atoms in total. The molecule has 2 rings (SSSR count). The van der Waals surface area contributed by atoms with E-state index in [0.29, 0.717) is 10.0 Å². The molecule has 0 bridgehead atoms. The first-order valence-electron chi connectivity index (χ1n) is 5.19. The molecule has 0 fully saturated rings. The summed E-state index contributed by atoms with van der Waals surface area (Å²) in [5, 5.41) is 8.81. The molecule has 0 radical (unpaired) electrons. The molecular weight excluding hydrogens is 324 g/mol. The van der Waals surface area contributed by atoms with Crippen LogP contribution < -0.4 is 0 Å². The number of nitrogens with zero attached hydrogens (tertiary/aromatic N) is 1. The third-order valence-electron chi connectivity index (χ3n) is 2.41. The first-order chi connectivity index (χ1) is 8.90. The maximum absolute atomic E-state index is 12.7. The fourth-order valence-corrected chi connectivity index (χ4v) is 2.20. The van der Waals surface area contributed by atoms with Gasteiger partial charge in [0, 0.05) is 4.47 Å². The summed E-state index contributed by atoms with van der Waals surface area (Å²) < 4.78 is 30.9. The Balaban J connectivity index is 2.57. The van der Waals surface area contributed by atoms with E-state index in [4.69, 9.17) is 9.52 Å². The highest BCUT2D eigenvalue weighted by Crippen LogP contribution is 2.32. The molecule has 0 saturated carbocycles. The lowest BCUT2D eigenvalue weighted by Gasteiger charge is -2.00. The van der Waals surface area contributed by atoms with E-state index >= 15 is 0 Å². The second kappa shape index (κ2) is 5.08. The van der Waals surface area contributed by atoms with Crippen molar-refractivity contribution in [1.82, 2.24) is 4.98 Å². The van der Waals surface area contributed by atoms with Gasteiger partial charge in [0.25, 0.3) is 6.43 Å². The molecule has 1 N–H and O–H groups in total. The SMILES string of the molecule is Cc1ccc(-c2nc(C(F)F)c(C(=O)O)o2)c(Br)c1. The predicted molar refractivity (Wildman–Crippen MR) is 66.3 cm³/mol. The highest BCUT2D eigenvalue weighted by Gasteiger charge is 2.27. The van der Waals surface area contributed by atoms with Crippen molar-refractivity contribution in [2.75, 3.05) is 0 Å². The van der Waals surface area contributed by atoms with Gasteiger partial charge in [0.05, 0.1) is 5.56 Å². The smallest absolute Gasteiger partial charge is 0.374 e. The lowest BCUT2D eigenvalue weighted by molar-refractivity contribution is 0.0647. The summed E-state index contributed by atoms with van der Waals surface area (Å²) in [5.41, 5.74) is 0.504. The molecule has 1 aromatic heterocycles. The number of benzene rings is 1. The number of aryl methyl sites for hydroxylation is 1. The molecule has 0 saturated heterocycles. The summed E-state index contributed by atoms with van der Waals surface area (Å²) in [6, 6.07) is 5.11. The molecule has 1 aromatic carbocycles. The third-order valence-corrected chi connectivity index (χ3v) is 3.07. The van der Waals surface area contributed by atoms with E-state index in [9.17, 15) is 13.6 Å². The van der Waals surface area contributed by atoms with Gasteiger partial charge in [-0.25, -0.2) is 18.6 Å². The van der Waals surface area contributed by atoms with Gasteiger partial charge in [-0.15, -0.1) is 0 Å². The van der Waals surface area contributed by atoms with Crippen LogP contribution in [0.1, 0.15) is 28.2 Å². The molecule has 7 heteroatoms. The number of carboxylic acid groups (broad SMARTS) is 1. The quantitative estimate of drug-likeness (QED) is 0.921. The Morgan fingerprint density at radius 1 is 1.47 bits per heavy atom. The zero-order valence-electron chi connectivity index (χ0n) is 9.65. The maximum atomic E-state index is 12.7. The number of hydrogen-bond acceptors (Lipinski definition) is 3. The van der Waals surface area contributed by atoms with E-state index in [1.807, 2.05) is 6.92 Å². The van der Waals surface area contributed by atoms with Gasteiger partial charge >= 0.3 is 5.97 Å². The predicted octanol–water partition coefficient (Wildman–Crippen LogP) is 4.05. The number of aromatic nitrogens is 1. The molecule has 19 heavy (non-hydrogen) atoms. The molecule has 1 heterocycles. The van der Waals surface area contributed by atoms with Gasteiger partial charge < -0.3 is 9.52 Å². The molecule has 0 spiro atoms. The second-order valence-electron chi connectivity index (χ2n) is 3.82. The van der Waals surface area contributed by atoms with Crippen molar-refractivity contribution in [2.24, 2.45) is 0 Å². The van der Waals surface area contributed by atoms with Crippen LogP contribution in [0.5, 0.6) is 0 Å². The first kappa shape index (κ1) is 13.7. The molecule has 0 atom stereocenters. The van der Waals surface area contributed by atoms with Crippen LogP contribution in [0.4, 0.5) is 8.78 Å². The molecule has 0 unspecified atom stereocenters. The molecule has 0 amide bonds. The largest absolute Gasteiger partial charge is 0.475 e. The topological polar surface area (TPSA) is 63.3 Å². The van der Waals surface area contributed by atoms with Gasteiger partial charge in [0.2, 0.25) is 11.7 Å². The van der Waals surface area contributed by atoms with Crippen LogP contribution in [-0.2, 0) is 0 Å². The molecular formula is C12H8BrF2NO3. The lowest BCUT2D eigenvalue weighted by atomic mass is 10.1. The molecule has 100 valence electrons. The van der Waals surface area contributed by atoms with Crippen LogP contribution in [0.2, 0.25) is 0 Å². The first-order valence-corrected chi connectivity index (χ1v) is 5.98. The van der Waals surface area contributed by atoms with Gasteiger partial charge in [-0.05, 0) is 40.5 Å². The van der Waals surface area contributed by atoms with Gasteiger partial charge in [-0.1, -0.05) is 6.07 Å². The van der Waals surface area contributed by atoms with Crippen molar-refractivity contribution < 1.29 is 23.1 Å². The van der Waals surface area contributed by atoms with Gasteiger partial charge in [-0.2, -0.15) is 0 Å². The number of carboxylic acids is 1. The van der Waals surface area contributed by atoms with E-state index < -0.39 is 23.8 Å². The van der Waals surface area contributed by atoms with Crippen molar-refractivity contribution in [3.05, 3.63) is 39.7 Å². The number of halogens is 3. The summed E-state index contributed by atoms with van der Waals surface area (Å²) in [4.78, 5) is 14.4. The van der Waals surface area contributed by atoms with Crippen LogP contribution >= 0.6 is 15.9 Å². The summed E-state index contributed by atoms with van der Waals surface area (Å²) >= 11 is 3.26. The number of aromatic carboxylic acids is 1. The normalized spacial score (nSPS) is 11.0. The van der Waals surface area contributed by atoms with Crippen LogP contribution in [-0.4, -0.2) is 16.1 Å². The Kier molecular flexibility index (Phi) is 3.66. The van der Waals surface area contributed by atoms with E-state index in [0.717, 1.165) is 5.56 Å². The highest BCUT2D eigenvalue weighted by molar-refractivity contribution is 9.10. The van der Waals surface area contributed by atoms with E-state index in [2.05, 4.69) is 20.9 Å². The average Bonchev–Trinajstić information content (AvgIpc) is 2.73. The number of oxazole rings is 1. The van der Waals surface area contributed by atoms with Crippen molar-refractivity contribution >= 4 is 21.9 Å². The van der Waals surface area contributed by atoms with Crippen LogP contribution in [0, 0.1) is 6.92 Å². The fraction of sp³-hybridized carbons (Fsp3) is 0.167. The summed E-state index contributed by atoms with van der Waals surface area (Å²) in [6.45, 7) is 1.86. The molecule has 0 aliphatic carbocycles. The molecule has 0 aliphatic heterocycles. The number of rotatable bonds is 3. The summed E-state index contributed by atoms with van der Waals surface area (Å²) in [5.74, 6) is -2.56. The lowest BCUT2D eigenvalue weighted by Crippen LogP contribution is -1.99. The van der Waals surface area contributed by atoms with E-state index in [1.165, 1.54) is 0 Å². The van der Waals surface area contributed by atoms with Crippen LogP contribution in [0.3, 0.4) is 0 Å². The molecule has 0 aliphatic rings. The standard InChI is InChI=1S/C12H8BrF2NO3/c1-5-2-3-6(7(13)4-5)11-16-8(10(14)15)9(19-11)12(17)18/h2-4,10H,1H3,(H,17,18). The van der Waals surface area contributed by atoms with Crippen molar-refractivity contribution in [2.45, 2.75) is 13.3 Å². The van der Waals surface area contributed by atoms with E-state index in [1.54, 1.807) is 18.2 Å². The van der Waals surface area contributed by atoms with Crippen LogP contribution in [0.15, 0.2) is 27.1 Å². The van der Waals surface area contributed by atoms with Crippen molar-refractivity contribution in [3.63, 3.8) is 0 Å². The zero-order valence-corrected chi connectivity index (χ0v) is 11.2. The zero-order chi connectivity index (χ0) is 14.2.